The molecule has 3 rings (SSSR count). The zero-order chi connectivity index (χ0) is 13.6. The molecule has 2 aliphatic heterocycles. The molecule has 110 valence electrons. The van der Waals surface area contributed by atoms with Gasteiger partial charge >= 0.3 is 18.9 Å². The minimum Gasteiger partial charge on any atom is -0.526 e. The maximum atomic E-state index is 5.76. The van der Waals surface area contributed by atoms with Crippen LogP contribution in [0.5, 0.6) is 11.5 Å². The minimum absolute atomic E-state index is 0. The second-order valence-electron chi connectivity index (χ2n) is 5.22. The maximum absolute atomic E-state index is 5.76. The Bertz CT molecular complexity index is 358. The van der Waals surface area contributed by atoms with E-state index < -0.39 is 0 Å². The van der Waals surface area contributed by atoms with Crippen molar-refractivity contribution in [2.24, 2.45) is 0 Å². The molecule has 0 aliphatic carbocycles. The van der Waals surface area contributed by atoms with Crippen LogP contribution in [0.3, 0.4) is 0 Å². The Hall–Kier alpha value is -0.663. The second kappa shape index (κ2) is 8.70. The average molecular weight is 284 g/mol. The Labute approximate surface area is 138 Å². The summed E-state index contributed by atoms with van der Waals surface area (Å²) < 4.78 is 22.6. The van der Waals surface area contributed by atoms with E-state index in [0.717, 1.165) is 57.5 Å². The molecule has 0 radical (unpaired) electrons. The van der Waals surface area contributed by atoms with Crippen molar-refractivity contribution >= 4 is 0 Å². The molecule has 0 aromatic heterocycles. The molecule has 0 N–H and O–H groups in total. The van der Waals surface area contributed by atoms with Gasteiger partial charge in [-0.25, -0.2) is 0 Å². The third kappa shape index (κ3) is 5.23. The Morgan fingerprint density at radius 2 is 1.57 bits per heavy atom. The summed E-state index contributed by atoms with van der Waals surface area (Å²) in [4.78, 5) is 0. The van der Waals surface area contributed by atoms with Gasteiger partial charge in [0, 0.05) is 24.3 Å². The molecule has 2 saturated heterocycles. The van der Waals surface area contributed by atoms with Gasteiger partial charge < -0.3 is 18.9 Å². The van der Waals surface area contributed by atoms with E-state index in [1.54, 1.807) is 6.07 Å². The molecule has 2 heterocycles. The van der Waals surface area contributed by atoms with E-state index >= 15 is 0 Å². The Morgan fingerprint density at radius 3 is 2.10 bits per heavy atom. The molecule has 0 amide bonds. The molecule has 2 aliphatic rings. The summed E-state index contributed by atoms with van der Waals surface area (Å²) in [5, 5.41) is 0. The third-order valence-corrected chi connectivity index (χ3v) is 3.56. The van der Waals surface area contributed by atoms with Gasteiger partial charge in [-0.2, -0.15) is 0 Å². The van der Waals surface area contributed by atoms with Crippen molar-refractivity contribution in [1.29, 1.82) is 0 Å². The van der Waals surface area contributed by atoms with E-state index in [1.807, 2.05) is 12.1 Å². The summed E-state index contributed by atoms with van der Waals surface area (Å²) in [6.07, 6.45) is 6.21. The fourth-order valence-electron chi connectivity index (χ4n) is 2.44. The topological polar surface area (TPSA) is 36.9 Å². The van der Waals surface area contributed by atoms with E-state index in [2.05, 4.69) is 6.07 Å². The number of hydrogen-bond donors (Lipinski definition) is 0. The molecule has 1 aromatic rings. The first-order valence-corrected chi connectivity index (χ1v) is 7.48. The van der Waals surface area contributed by atoms with E-state index in [1.165, 1.54) is 0 Å². The van der Waals surface area contributed by atoms with Gasteiger partial charge in [0.25, 0.3) is 0 Å². The Balaban J connectivity index is 0.00000161. The average Bonchev–Trinajstić information content (AvgIpc) is 2.51. The predicted molar refractivity (Wildman–Crippen MR) is 73.7 cm³/mol. The van der Waals surface area contributed by atoms with Crippen LogP contribution in [0, 0.1) is 6.07 Å². The first-order chi connectivity index (χ1) is 9.90. The van der Waals surface area contributed by atoms with Gasteiger partial charge in [-0.1, -0.05) is 0 Å². The zero-order valence-corrected chi connectivity index (χ0v) is 12.7. The van der Waals surface area contributed by atoms with Gasteiger partial charge in [0.2, 0.25) is 0 Å². The molecule has 2 atom stereocenters. The summed E-state index contributed by atoms with van der Waals surface area (Å²) in [5.41, 5.74) is 0. The standard InChI is InChI=1S/C16H21O4.Li/c1-3-11-17-15(5-1)19-13-7-9-14(10-8-13)20-16-6-2-4-12-18-16;/h7-9,15-16H,1-6,11-12H2;/q-1;+1. The molecule has 21 heavy (non-hydrogen) atoms. The van der Waals surface area contributed by atoms with Crippen LogP contribution in [-0.2, 0) is 9.47 Å². The molecule has 0 saturated carbocycles. The van der Waals surface area contributed by atoms with Crippen LogP contribution < -0.4 is 28.3 Å². The first kappa shape index (κ1) is 16.7. The summed E-state index contributed by atoms with van der Waals surface area (Å²) in [5.74, 6) is 1.47. The second-order valence-corrected chi connectivity index (χ2v) is 5.22. The van der Waals surface area contributed by atoms with Crippen LogP contribution in [0.4, 0.5) is 0 Å². The van der Waals surface area contributed by atoms with Crippen molar-refractivity contribution < 1.29 is 37.8 Å². The normalized spacial score (nSPS) is 25.7. The largest absolute Gasteiger partial charge is 1.00 e. The van der Waals surface area contributed by atoms with Crippen molar-refractivity contribution in [3.63, 3.8) is 0 Å². The molecule has 0 bridgehead atoms. The van der Waals surface area contributed by atoms with E-state index in [9.17, 15) is 0 Å². The number of benzene rings is 1. The van der Waals surface area contributed by atoms with Crippen LogP contribution in [0.15, 0.2) is 18.2 Å². The summed E-state index contributed by atoms with van der Waals surface area (Å²) in [6, 6.07) is 8.66. The fraction of sp³-hybridized carbons (Fsp3) is 0.625. The summed E-state index contributed by atoms with van der Waals surface area (Å²) in [6.45, 7) is 1.57. The van der Waals surface area contributed by atoms with Crippen molar-refractivity contribution in [2.45, 2.75) is 51.1 Å². The van der Waals surface area contributed by atoms with Crippen LogP contribution in [0.2, 0.25) is 0 Å². The van der Waals surface area contributed by atoms with Crippen LogP contribution >= 0.6 is 0 Å². The van der Waals surface area contributed by atoms with Crippen molar-refractivity contribution in [3.8, 4) is 11.5 Å². The quantitative estimate of drug-likeness (QED) is 0.589. The van der Waals surface area contributed by atoms with Crippen LogP contribution in [0.1, 0.15) is 38.5 Å². The van der Waals surface area contributed by atoms with E-state index in [-0.39, 0.29) is 31.4 Å². The van der Waals surface area contributed by atoms with Crippen molar-refractivity contribution in [1.82, 2.24) is 0 Å². The monoisotopic (exact) mass is 284 g/mol. The van der Waals surface area contributed by atoms with Gasteiger partial charge in [-0.15, -0.1) is 24.3 Å². The Morgan fingerprint density at radius 1 is 0.905 bits per heavy atom. The predicted octanol–water partition coefficient (Wildman–Crippen LogP) is 0.302. The van der Waals surface area contributed by atoms with Gasteiger partial charge in [-0.05, 0) is 25.7 Å². The van der Waals surface area contributed by atoms with Crippen molar-refractivity contribution in [3.05, 3.63) is 24.3 Å². The number of rotatable bonds is 4. The molecule has 5 heteroatoms. The number of ether oxygens (including phenoxy) is 4. The molecule has 2 fully saturated rings. The third-order valence-electron chi connectivity index (χ3n) is 3.56. The summed E-state index contributed by atoms with van der Waals surface area (Å²) in [7, 11) is 0. The SMILES string of the molecule is [Li+].[c-]1cc(OC2CCCCO2)ccc1OC1CCCCO1. The molecule has 4 nitrogen and oxygen atoms in total. The molecule has 0 spiro atoms. The maximum Gasteiger partial charge on any atom is 1.00 e. The summed E-state index contributed by atoms with van der Waals surface area (Å²) >= 11 is 0. The molecule has 2 unspecified atom stereocenters. The number of hydrogen-bond acceptors (Lipinski definition) is 4. The minimum atomic E-state index is -0.131. The molecule has 1 aromatic carbocycles. The molecular weight excluding hydrogens is 263 g/mol. The Kier molecular flexibility index (Phi) is 6.92. The van der Waals surface area contributed by atoms with Gasteiger partial charge in [0.15, 0.2) is 12.6 Å². The van der Waals surface area contributed by atoms with Crippen LogP contribution in [-0.4, -0.2) is 25.8 Å². The van der Waals surface area contributed by atoms with Gasteiger partial charge in [0.05, 0.1) is 13.2 Å². The van der Waals surface area contributed by atoms with E-state index in [4.69, 9.17) is 18.9 Å². The zero-order valence-electron chi connectivity index (χ0n) is 12.7. The first-order valence-electron chi connectivity index (χ1n) is 7.48. The van der Waals surface area contributed by atoms with Crippen molar-refractivity contribution in [2.75, 3.05) is 13.2 Å². The van der Waals surface area contributed by atoms with Crippen LogP contribution in [0.25, 0.3) is 0 Å². The molecular formula is C16H21LiO4. The van der Waals surface area contributed by atoms with Gasteiger partial charge in [0.1, 0.15) is 0 Å². The van der Waals surface area contributed by atoms with E-state index in [0.29, 0.717) is 5.75 Å². The smallest absolute Gasteiger partial charge is 0.526 e. The fourth-order valence-corrected chi connectivity index (χ4v) is 2.44. The van der Waals surface area contributed by atoms with Gasteiger partial charge in [-0.3, -0.25) is 0 Å².